The number of hydrogen-bond acceptors (Lipinski definition) is 4. The van der Waals surface area contributed by atoms with E-state index in [9.17, 15) is 9.18 Å². The summed E-state index contributed by atoms with van der Waals surface area (Å²) in [5, 5.41) is 8.97. The van der Waals surface area contributed by atoms with E-state index in [4.69, 9.17) is 5.26 Å². The predicted molar refractivity (Wildman–Crippen MR) is 115 cm³/mol. The van der Waals surface area contributed by atoms with E-state index in [0.717, 1.165) is 23.2 Å². The maximum atomic E-state index is 14.2. The summed E-state index contributed by atoms with van der Waals surface area (Å²) in [5.41, 5.74) is 4.18. The topological polar surface area (TPSA) is 69.9 Å². The summed E-state index contributed by atoms with van der Waals surface area (Å²) in [6, 6.07) is 19.1. The Bertz CT molecular complexity index is 1250. The van der Waals surface area contributed by atoms with Crippen molar-refractivity contribution in [2.45, 2.75) is 18.5 Å². The number of fused-ring (bicyclic) bond motifs is 1. The number of carbonyl (C=O) groups is 1. The summed E-state index contributed by atoms with van der Waals surface area (Å²) in [7, 11) is 0. The van der Waals surface area contributed by atoms with Crippen molar-refractivity contribution < 1.29 is 9.18 Å². The highest BCUT2D eigenvalue weighted by molar-refractivity contribution is 5.93. The molecule has 0 N–H and O–H groups in total. The van der Waals surface area contributed by atoms with Gasteiger partial charge in [-0.1, -0.05) is 36.4 Å². The first-order valence-electron chi connectivity index (χ1n) is 10.2. The van der Waals surface area contributed by atoms with Crippen molar-refractivity contribution in [2.75, 3.05) is 13.1 Å². The molecule has 1 aliphatic heterocycles. The lowest BCUT2D eigenvalue weighted by molar-refractivity contribution is 0.0766. The number of allylic oxidation sites excluding steroid dienone is 1. The van der Waals surface area contributed by atoms with Gasteiger partial charge in [0.15, 0.2) is 0 Å². The van der Waals surface area contributed by atoms with E-state index in [0.29, 0.717) is 5.69 Å². The van der Waals surface area contributed by atoms with Crippen molar-refractivity contribution in [1.29, 1.82) is 5.26 Å². The molecule has 1 unspecified atom stereocenters. The quantitative estimate of drug-likeness (QED) is 0.645. The van der Waals surface area contributed by atoms with Gasteiger partial charge in [-0.25, -0.2) is 9.37 Å². The molecule has 1 atom stereocenters. The molecule has 152 valence electrons. The number of aromatic nitrogens is 2. The Morgan fingerprint density at radius 1 is 1.13 bits per heavy atom. The highest BCUT2D eigenvalue weighted by atomic mass is 19.1. The number of halogens is 1. The first kappa shape index (κ1) is 19.1. The summed E-state index contributed by atoms with van der Waals surface area (Å²) < 4.78 is 14.2. The molecule has 0 bridgehead atoms. The molecule has 2 aromatic heterocycles. The van der Waals surface area contributed by atoms with E-state index in [1.807, 2.05) is 30.3 Å². The number of alkyl halides is 1. The first-order valence-corrected chi connectivity index (χ1v) is 10.2. The molecule has 0 radical (unpaired) electrons. The molecule has 3 heterocycles. The lowest BCUT2D eigenvalue weighted by atomic mass is 10.1. The number of pyridine rings is 2. The molecule has 1 fully saturated rings. The number of amides is 1. The highest BCUT2D eigenvalue weighted by Crippen LogP contribution is 2.32. The van der Waals surface area contributed by atoms with Crippen molar-refractivity contribution in [2.24, 2.45) is 0 Å². The Morgan fingerprint density at radius 2 is 1.97 bits per heavy atom. The molecular formula is C25H19FN4O. The molecule has 5 nitrogen and oxygen atoms in total. The molecule has 2 aliphatic rings. The van der Waals surface area contributed by atoms with Crippen LogP contribution in [-0.2, 0) is 6.42 Å². The van der Waals surface area contributed by atoms with E-state index in [2.05, 4.69) is 28.2 Å². The molecular weight excluding hydrogens is 391 g/mol. The molecule has 3 aromatic rings. The minimum atomic E-state index is -1.97. The zero-order valence-electron chi connectivity index (χ0n) is 16.8. The Kier molecular flexibility index (Phi) is 4.59. The monoisotopic (exact) mass is 410 g/mol. The van der Waals surface area contributed by atoms with Gasteiger partial charge in [-0.3, -0.25) is 9.78 Å². The van der Waals surface area contributed by atoms with Gasteiger partial charge in [-0.15, -0.1) is 0 Å². The number of benzene rings is 1. The van der Waals surface area contributed by atoms with Crippen molar-refractivity contribution in [3.05, 3.63) is 83.3 Å². The van der Waals surface area contributed by atoms with Gasteiger partial charge in [0.1, 0.15) is 11.8 Å². The van der Waals surface area contributed by atoms with E-state index in [1.54, 1.807) is 24.4 Å². The van der Waals surface area contributed by atoms with E-state index in [-0.39, 0.29) is 31.1 Å². The van der Waals surface area contributed by atoms with Crippen LogP contribution < -0.4 is 0 Å². The van der Waals surface area contributed by atoms with Gasteiger partial charge in [0.25, 0.3) is 5.91 Å². The van der Waals surface area contributed by atoms with Crippen LogP contribution in [0, 0.1) is 11.3 Å². The van der Waals surface area contributed by atoms with Crippen LogP contribution in [0.2, 0.25) is 0 Å². The van der Waals surface area contributed by atoms with Crippen LogP contribution in [0.15, 0.2) is 60.8 Å². The lowest BCUT2D eigenvalue weighted by Crippen LogP contribution is -2.33. The van der Waals surface area contributed by atoms with E-state index < -0.39 is 5.67 Å². The average molecular weight is 410 g/mol. The van der Waals surface area contributed by atoms with Crippen molar-refractivity contribution in [3.8, 4) is 17.3 Å². The molecule has 31 heavy (non-hydrogen) atoms. The third-order valence-electron chi connectivity index (χ3n) is 5.81. The standard InChI is InChI=1S/C25H19FN4O/c26-25(15-27)9-10-30(16-25)24(31)22-8-4-7-21(29-22)20-12-19-11-18(13-23(19)28-14-20)17-5-2-1-3-6-17/h1-8,11-12,14H,9-10,13,16H2. The third-order valence-corrected chi connectivity index (χ3v) is 5.81. The maximum absolute atomic E-state index is 14.2. The summed E-state index contributed by atoms with van der Waals surface area (Å²) in [6.45, 7) is -0.00996. The minimum absolute atomic E-state index is 0.0275. The van der Waals surface area contributed by atoms with Crippen LogP contribution in [0.4, 0.5) is 4.39 Å². The Hall–Kier alpha value is -3.85. The van der Waals surface area contributed by atoms with E-state index >= 15 is 0 Å². The van der Waals surface area contributed by atoms with Crippen molar-refractivity contribution >= 4 is 17.6 Å². The Morgan fingerprint density at radius 3 is 2.74 bits per heavy atom. The van der Waals surface area contributed by atoms with Gasteiger partial charge in [0.05, 0.1) is 17.9 Å². The summed E-state index contributed by atoms with van der Waals surface area (Å²) in [4.78, 5) is 23.3. The molecule has 1 amide bonds. The average Bonchev–Trinajstić information content (AvgIpc) is 3.43. The second-order valence-electron chi connectivity index (χ2n) is 7.93. The summed E-state index contributed by atoms with van der Waals surface area (Å²) in [5.74, 6) is -0.364. The molecule has 0 spiro atoms. The fourth-order valence-corrected chi connectivity index (χ4v) is 4.09. The molecule has 5 rings (SSSR count). The fraction of sp³-hybridized carbons (Fsp3) is 0.200. The Balaban J connectivity index is 1.41. The largest absolute Gasteiger partial charge is 0.333 e. The zero-order valence-corrected chi connectivity index (χ0v) is 16.8. The fourth-order valence-electron chi connectivity index (χ4n) is 4.09. The summed E-state index contributed by atoms with van der Waals surface area (Å²) in [6.07, 6.45) is 4.72. The van der Waals surface area contributed by atoms with E-state index in [1.165, 1.54) is 16.0 Å². The van der Waals surface area contributed by atoms with Crippen molar-refractivity contribution in [1.82, 2.24) is 14.9 Å². The van der Waals surface area contributed by atoms with Crippen LogP contribution >= 0.6 is 0 Å². The number of nitriles is 1. The van der Waals surface area contributed by atoms with Crippen LogP contribution in [0.1, 0.15) is 33.7 Å². The maximum Gasteiger partial charge on any atom is 0.272 e. The number of likely N-dealkylation sites (tertiary alicyclic amines) is 1. The van der Waals surface area contributed by atoms with Crippen LogP contribution in [-0.4, -0.2) is 39.5 Å². The zero-order chi connectivity index (χ0) is 21.4. The number of nitrogens with zero attached hydrogens (tertiary/aromatic N) is 4. The number of hydrogen-bond donors (Lipinski definition) is 0. The molecule has 1 saturated heterocycles. The van der Waals surface area contributed by atoms with Gasteiger partial charge < -0.3 is 4.90 Å². The number of carbonyl (C=O) groups excluding carboxylic acids is 1. The summed E-state index contributed by atoms with van der Waals surface area (Å²) >= 11 is 0. The normalized spacial score (nSPS) is 19.6. The first-order chi connectivity index (χ1) is 15.0. The molecule has 6 heteroatoms. The van der Waals surface area contributed by atoms with Gasteiger partial charge in [-0.2, -0.15) is 5.26 Å². The van der Waals surface area contributed by atoms with Crippen LogP contribution in [0.5, 0.6) is 0 Å². The van der Waals surface area contributed by atoms with Crippen molar-refractivity contribution in [3.63, 3.8) is 0 Å². The number of rotatable bonds is 3. The third kappa shape index (κ3) is 3.59. The Labute approximate surface area is 179 Å². The van der Waals surface area contributed by atoms with Gasteiger partial charge in [-0.05, 0) is 41.0 Å². The molecule has 1 aliphatic carbocycles. The highest BCUT2D eigenvalue weighted by Gasteiger charge is 2.41. The van der Waals surface area contributed by atoms with Crippen LogP contribution in [0.3, 0.4) is 0 Å². The SMILES string of the molecule is N#CC1(F)CCN(C(=O)c2cccc(-c3cnc4c(c3)C=C(c3ccccc3)C4)n2)C1. The molecule has 1 aromatic carbocycles. The van der Waals surface area contributed by atoms with Gasteiger partial charge in [0.2, 0.25) is 5.67 Å². The minimum Gasteiger partial charge on any atom is -0.333 e. The second-order valence-corrected chi connectivity index (χ2v) is 7.93. The predicted octanol–water partition coefficient (Wildman–Crippen LogP) is 4.32. The smallest absolute Gasteiger partial charge is 0.272 e. The second kappa shape index (κ2) is 7.44. The molecule has 0 saturated carbocycles. The van der Waals surface area contributed by atoms with Gasteiger partial charge >= 0.3 is 0 Å². The van der Waals surface area contributed by atoms with Gasteiger partial charge in [0, 0.05) is 31.1 Å². The van der Waals surface area contributed by atoms with Crippen LogP contribution in [0.25, 0.3) is 22.9 Å². The lowest BCUT2D eigenvalue weighted by Gasteiger charge is -2.16.